The van der Waals surface area contributed by atoms with E-state index < -0.39 is 0 Å². The lowest BCUT2D eigenvalue weighted by Gasteiger charge is -2.40. The van der Waals surface area contributed by atoms with Gasteiger partial charge in [0.2, 0.25) is 5.91 Å². The lowest BCUT2D eigenvalue weighted by Crippen LogP contribution is -2.38. The Bertz CT molecular complexity index is 1120. The van der Waals surface area contributed by atoms with Gasteiger partial charge in [-0.15, -0.1) is 0 Å². The van der Waals surface area contributed by atoms with Gasteiger partial charge in [-0.25, -0.2) is 0 Å². The van der Waals surface area contributed by atoms with Gasteiger partial charge in [0.1, 0.15) is 0 Å². The van der Waals surface area contributed by atoms with E-state index in [9.17, 15) is 4.79 Å². The molecule has 0 bridgehead atoms. The highest BCUT2D eigenvalue weighted by molar-refractivity contribution is 6.00. The molecule has 2 nitrogen and oxygen atoms in total. The average molecular weight is 396 g/mol. The number of hydrogen-bond acceptors (Lipinski definition) is 1. The van der Waals surface area contributed by atoms with E-state index in [0.29, 0.717) is 23.8 Å². The third kappa shape index (κ3) is 2.66. The Labute approximate surface area is 178 Å². The second-order valence-electron chi connectivity index (χ2n) is 9.60. The normalized spacial score (nSPS) is 28.0. The molecule has 4 unspecified atom stereocenters. The number of carbonyl (C=O) groups is 1. The fourth-order valence-electron chi connectivity index (χ4n) is 6.66. The zero-order valence-corrected chi connectivity index (χ0v) is 17.7. The van der Waals surface area contributed by atoms with Crippen LogP contribution in [0.5, 0.6) is 0 Å². The highest BCUT2D eigenvalue weighted by atomic mass is 16.2. The molecule has 1 aliphatic heterocycles. The molecule has 1 heterocycles. The lowest BCUT2D eigenvalue weighted by molar-refractivity contribution is -0.121. The van der Waals surface area contributed by atoms with Crippen molar-refractivity contribution in [2.75, 3.05) is 4.90 Å². The standard InChI is InChI=1S/C28H29NO/c1-18-11-14-20(15-12-18)29-26-10-4-2-3-9-23-22-16-13-19-7-5-6-8-21(19)24(22)17-25(27(23)26)28(29)30/h5-8,11-16,23,25-27H,2-4,9-10,17H2,1H3. The van der Waals surface area contributed by atoms with E-state index in [2.05, 4.69) is 72.5 Å². The summed E-state index contributed by atoms with van der Waals surface area (Å²) in [7, 11) is 0. The summed E-state index contributed by atoms with van der Waals surface area (Å²) in [5.41, 5.74) is 5.31. The number of rotatable bonds is 1. The molecule has 1 amide bonds. The third-order valence-electron chi connectivity index (χ3n) is 7.99. The van der Waals surface area contributed by atoms with Crippen molar-refractivity contribution in [1.29, 1.82) is 0 Å². The van der Waals surface area contributed by atoms with E-state index in [1.807, 2.05) is 0 Å². The number of hydrogen-bond donors (Lipinski definition) is 0. The Balaban J connectivity index is 1.51. The van der Waals surface area contributed by atoms with Crippen LogP contribution in [0.3, 0.4) is 0 Å². The van der Waals surface area contributed by atoms with E-state index in [4.69, 9.17) is 0 Å². The van der Waals surface area contributed by atoms with Crippen molar-refractivity contribution < 1.29 is 4.79 Å². The van der Waals surface area contributed by atoms with Crippen LogP contribution in [0, 0.1) is 18.8 Å². The Morgan fingerprint density at radius 2 is 1.63 bits per heavy atom. The molecule has 2 fully saturated rings. The van der Waals surface area contributed by atoms with Gasteiger partial charge in [-0.2, -0.15) is 0 Å². The first-order valence-electron chi connectivity index (χ1n) is 11.6. The molecule has 3 aromatic carbocycles. The minimum Gasteiger partial charge on any atom is -0.309 e. The SMILES string of the molecule is Cc1ccc(N2C(=O)C3Cc4c(ccc5ccccc45)C4CCCCCC2C34)cc1. The van der Waals surface area contributed by atoms with Crippen molar-refractivity contribution in [2.24, 2.45) is 11.8 Å². The van der Waals surface area contributed by atoms with Crippen LogP contribution in [-0.2, 0) is 11.2 Å². The molecule has 152 valence electrons. The molecule has 6 rings (SSSR count). The number of anilines is 1. The predicted molar refractivity (Wildman–Crippen MR) is 123 cm³/mol. The molecule has 0 radical (unpaired) electrons. The molecule has 4 atom stereocenters. The Morgan fingerprint density at radius 1 is 0.833 bits per heavy atom. The van der Waals surface area contributed by atoms with Gasteiger partial charge in [0.05, 0.1) is 0 Å². The average Bonchev–Trinajstić information content (AvgIpc) is 3.02. The number of aryl methyl sites for hydroxylation is 1. The first-order chi connectivity index (χ1) is 14.7. The van der Waals surface area contributed by atoms with Crippen LogP contribution >= 0.6 is 0 Å². The topological polar surface area (TPSA) is 20.3 Å². The highest BCUT2D eigenvalue weighted by Crippen LogP contribution is 2.53. The summed E-state index contributed by atoms with van der Waals surface area (Å²) in [5.74, 6) is 1.44. The molecule has 2 heteroatoms. The van der Waals surface area contributed by atoms with Gasteiger partial charge in [0.25, 0.3) is 0 Å². The second kappa shape index (κ2) is 6.97. The predicted octanol–water partition coefficient (Wildman–Crippen LogP) is 6.40. The maximum atomic E-state index is 13.9. The number of nitrogens with zero attached hydrogens (tertiary/aromatic N) is 1. The van der Waals surface area contributed by atoms with Crippen LogP contribution in [0.4, 0.5) is 5.69 Å². The molecule has 0 aromatic heterocycles. The molecular formula is C28H29NO. The van der Waals surface area contributed by atoms with Crippen LogP contribution in [0.1, 0.15) is 54.7 Å². The number of amides is 1. The van der Waals surface area contributed by atoms with Gasteiger partial charge in [0, 0.05) is 17.6 Å². The molecule has 0 N–H and O–H groups in total. The smallest absolute Gasteiger partial charge is 0.231 e. The molecule has 2 aliphatic carbocycles. The van der Waals surface area contributed by atoms with Gasteiger partial charge >= 0.3 is 0 Å². The summed E-state index contributed by atoms with van der Waals surface area (Å²) in [5, 5.41) is 2.66. The zero-order valence-electron chi connectivity index (χ0n) is 17.7. The quantitative estimate of drug-likeness (QED) is 0.467. The van der Waals surface area contributed by atoms with Gasteiger partial charge in [0.15, 0.2) is 0 Å². The highest BCUT2D eigenvalue weighted by Gasteiger charge is 2.54. The van der Waals surface area contributed by atoms with Crippen LogP contribution < -0.4 is 4.90 Å². The summed E-state index contributed by atoms with van der Waals surface area (Å²) < 4.78 is 0. The van der Waals surface area contributed by atoms with E-state index in [0.717, 1.165) is 18.5 Å². The Morgan fingerprint density at radius 3 is 2.50 bits per heavy atom. The third-order valence-corrected chi connectivity index (χ3v) is 7.99. The Kier molecular flexibility index (Phi) is 4.23. The minimum absolute atomic E-state index is 0.123. The van der Waals surface area contributed by atoms with Crippen molar-refractivity contribution in [3.63, 3.8) is 0 Å². The summed E-state index contributed by atoms with van der Waals surface area (Å²) in [6.45, 7) is 2.11. The largest absolute Gasteiger partial charge is 0.309 e. The van der Waals surface area contributed by atoms with Gasteiger partial charge in [-0.3, -0.25) is 4.79 Å². The van der Waals surface area contributed by atoms with Crippen molar-refractivity contribution in [3.05, 3.63) is 77.4 Å². The first-order valence-corrected chi connectivity index (χ1v) is 11.6. The van der Waals surface area contributed by atoms with E-state index in [1.54, 1.807) is 0 Å². The molecule has 3 aliphatic rings. The summed E-state index contributed by atoms with van der Waals surface area (Å²) in [6.07, 6.45) is 7.06. The van der Waals surface area contributed by atoms with E-state index in [1.165, 1.54) is 53.1 Å². The summed E-state index contributed by atoms with van der Waals surface area (Å²) >= 11 is 0. The van der Waals surface area contributed by atoms with Crippen LogP contribution in [-0.4, -0.2) is 11.9 Å². The minimum atomic E-state index is 0.123. The van der Waals surface area contributed by atoms with Crippen molar-refractivity contribution in [1.82, 2.24) is 0 Å². The summed E-state index contributed by atoms with van der Waals surface area (Å²) in [6, 6.07) is 22.4. The maximum absolute atomic E-state index is 13.9. The Hall–Kier alpha value is -2.61. The lowest BCUT2D eigenvalue weighted by atomic mass is 9.64. The van der Waals surface area contributed by atoms with E-state index in [-0.39, 0.29) is 5.92 Å². The van der Waals surface area contributed by atoms with Crippen LogP contribution in [0.15, 0.2) is 60.7 Å². The van der Waals surface area contributed by atoms with Crippen LogP contribution in [0.25, 0.3) is 10.8 Å². The zero-order chi connectivity index (χ0) is 20.2. The number of fused-ring (bicyclic) bond motifs is 4. The van der Waals surface area contributed by atoms with Crippen molar-refractivity contribution >= 4 is 22.4 Å². The van der Waals surface area contributed by atoms with Gasteiger partial charge < -0.3 is 4.90 Å². The monoisotopic (exact) mass is 395 g/mol. The van der Waals surface area contributed by atoms with Gasteiger partial charge in [-0.1, -0.05) is 73.4 Å². The van der Waals surface area contributed by atoms with Gasteiger partial charge in [-0.05, 0) is 72.1 Å². The fourth-order valence-corrected chi connectivity index (χ4v) is 6.66. The second-order valence-corrected chi connectivity index (χ2v) is 9.60. The molecule has 30 heavy (non-hydrogen) atoms. The van der Waals surface area contributed by atoms with E-state index >= 15 is 0 Å². The molecule has 1 saturated carbocycles. The molecular weight excluding hydrogens is 366 g/mol. The first kappa shape index (κ1) is 18.2. The van der Waals surface area contributed by atoms with Crippen molar-refractivity contribution in [3.8, 4) is 0 Å². The summed E-state index contributed by atoms with van der Waals surface area (Å²) in [4.78, 5) is 16.1. The fraction of sp³-hybridized carbons (Fsp3) is 0.393. The molecule has 0 spiro atoms. The van der Waals surface area contributed by atoms with Crippen molar-refractivity contribution in [2.45, 2.75) is 57.4 Å². The maximum Gasteiger partial charge on any atom is 0.231 e. The number of benzene rings is 3. The number of carbonyl (C=O) groups excluding carboxylic acids is 1. The molecule has 3 aromatic rings. The molecule has 1 saturated heterocycles. The van der Waals surface area contributed by atoms with Crippen LogP contribution in [0.2, 0.25) is 0 Å².